The largest absolute Gasteiger partial charge is 0.490 e. The zero-order chi connectivity index (χ0) is 23.2. The average molecular weight is 528 g/mol. The van der Waals surface area contributed by atoms with E-state index in [9.17, 15) is 4.79 Å². The molecule has 0 aliphatic rings. The van der Waals surface area contributed by atoms with Crippen molar-refractivity contribution in [2.24, 2.45) is 5.10 Å². The van der Waals surface area contributed by atoms with Crippen LogP contribution in [0.4, 0.5) is 0 Å². The Morgan fingerprint density at radius 1 is 1.09 bits per heavy atom. The highest BCUT2D eigenvalue weighted by atomic mass is 79.9. The first-order chi connectivity index (χ1) is 16.0. The highest BCUT2D eigenvalue weighted by Gasteiger charge is 2.13. The molecule has 0 fully saturated rings. The third-order valence-corrected chi connectivity index (χ3v) is 5.78. The van der Waals surface area contributed by atoms with Crippen LogP contribution in [0, 0.1) is 0 Å². The molecule has 0 radical (unpaired) electrons. The summed E-state index contributed by atoms with van der Waals surface area (Å²) in [6.45, 7) is 2.65. The fraction of sp³-hybridized carbons (Fsp3) is 0.120. The maximum absolute atomic E-state index is 12.4. The van der Waals surface area contributed by atoms with E-state index >= 15 is 0 Å². The molecule has 33 heavy (non-hydrogen) atoms. The molecule has 0 atom stereocenters. The number of hydrogen-bond donors (Lipinski definition) is 1. The molecule has 4 aromatic rings. The topological polar surface area (TPSA) is 73.1 Å². The summed E-state index contributed by atoms with van der Waals surface area (Å²) in [6.07, 6.45) is 1.52. The van der Waals surface area contributed by atoms with Crippen LogP contribution in [-0.2, 0) is 6.61 Å². The van der Waals surface area contributed by atoms with Gasteiger partial charge in [-0.2, -0.15) is 5.10 Å². The highest BCUT2D eigenvalue weighted by molar-refractivity contribution is 9.10. The first kappa shape index (κ1) is 22.9. The smallest absolute Gasteiger partial charge is 0.307 e. The summed E-state index contributed by atoms with van der Waals surface area (Å²) in [7, 11) is 0. The summed E-state index contributed by atoms with van der Waals surface area (Å²) in [6, 6.07) is 20.2. The van der Waals surface area contributed by atoms with Crippen molar-refractivity contribution in [3.05, 3.63) is 93.1 Å². The summed E-state index contributed by atoms with van der Waals surface area (Å²) in [4.78, 5) is 12.4. The predicted octanol–water partition coefficient (Wildman–Crippen LogP) is 6.59. The van der Waals surface area contributed by atoms with Crippen LogP contribution in [0.5, 0.6) is 11.5 Å². The van der Waals surface area contributed by atoms with Crippen LogP contribution >= 0.6 is 27.5 Å². The summed E-state index contributed by atoms with van der Waals surface area (Å²) in [5.41, 5.74) is 4.70. The monoisotopic (exact) mass is 526 g/mol. The van der Waals surface area contributed by atoms with Gasteiger partial charge in [-0.1, -0.05) is 48.0 Å². The van der Waals surface area contributed by atoms with Crippen molar-refractivity contribution >= 4 is 50.6 Å². The summed E-state index contributed by atoms with van der Waals surface area (Å²) in [5, 5.41) is 5.54. The highest BCUT2D eigenvalue weighted by Crippen LogP contribution is 2.34. The van der Waals surface area contributed by atoms with E-state index in [1.807, 2.05) is 49.4 Å². The summed E-state index contributed by atoms with van der Waals surface area (Å²) < 4.78 is 18.0. The number of fused-ring (bicyclic) bond motifs is 1. The van der Waals surface area contributed by atoms with Crippen molar-refractivity contribution in [1.82, 2.24) is 5.43 Å². The second-order valence-electron chi connectivity index (χ2n) is 6.98. The van der Waals surface area contributed by atoms with Gasteiger partial charge in [-0.3, -0.25) is 4.79 Å². The Morgan fingerprint density at radius 2 is 1.85 bits per heavy atom. The van der Waals surface area contributed by atoms with Crippen molar-refractivity contribution in [1.29, 1.82) is 0 Å². The molecule has 168 valence electrons. The van der Waals surface area contributed by atoms with Gasteiger partial charge in [-0.05, 0) is 53.2 Å². The third-order valence-electron chi connectivity index (χ3n) is 4.72. The number of furan rings is 1. The van der Waals surface area contributed by atoms with Crippen molar-refractivity contribution in [2.75, 3.05) is 6.61 Å². The molecule has 0 saturated carbocycles. The van der Waals surface area contributed by atoms with E-state index in [4.69, 9.17) is 25.5 Å². The average Bonchev–Trinajstić information content (AvgIpc) is 3.25. The molecule has 0 unspecified atom stereocenters. The lowest BCUT2D eigenvalue weighted by Crippen LogP contribution is -2.16. The number of hydrazone groups is 1. The molecule has 0 spiro atoms. The number of nitrogens with one attached hydrogen (secondary N) is 1. The molecule has 0 bridgehead atoms. The van der Waals surface area contributed by atoms with Gasteiger partial charge in [0.05, 0.1) is 12.8 Å². The van der Waals surface area contributed by atoms with Crippen molar-refractivity contribution in [2.45, 2.75) is 13.5 Å². The van der Waals surface area contributed by atoms with Crippen LogP contribution in [-0.4, -0.2) is 18.7 Å². The van der Waals surface area contributed by atoms with Gasteiger partial charge in [0.1, 0.15) is 12.2 Å². The van der Waals surface area contributed by atoms with Gasteiger partial charge in [0.2, 0.25) is 0 Å². The molecule has 1 N–H and O–H groups in total. The number of carbonyl (C=O) groups is 1. The Balaban J connectivity index is 1.47. The van der Waals surface area contributed by atoms with E-state index in [2.05, 4.69) is 26.5 Å². The fourth-order valence-corrected chi connectivity index (χ4v) is 3.73. The number of para-hydroxylation sites is 1. The van der Waals surface area contributed by atoms with E-state index < -0.39 is 5.91 Å². The molecule has 1 aromatic heterocycles. The second-order valence-corrected chi connectivity index (χ2v) is 8.24. The van der Waals surface area contributed by atoms with Crippen molar-refractivity contribution < 1.29 is 18.7 Å². The van der Waals surface area contributed by atoms with E-state index in [0.717, 1.165) is 15.4 Å². The van der Waals surface area contributed by atoms with E-state index in [1.165, 1.54) is 6.21 Å². The summed E-state index contributed by atoms with van der Waals surface area (Å²) >= 11 is 9.74. The van der Waals surface area contributed by atoms with E-state index in [0.29, 0.717) is 40.9 Å². The quantitative estimate of drug-likeness (QED) is 0.207. The maximum atomic E-state index is 12.4. The molecule has 1 amide bonds. The van der Waals surface area contributed by atoms with E-state index in [-0.39, 0.29) is 5.76 Å². The van der Waals surface area contributed by atoms with Crippen LogP contribution in [0.1, 0.15) is 28.6 Å². The van der Waals surface area contributed by atoms with Gasteiger partial charge in [0.25, 0.3) is 0 Å². The number of hydrogen-bond acceptors (Lipinski definition) is 5. The number of benzene rings is 3. The first-order valence-corrected chi connectivity index (χ1v) is 11.4. The molecule has 0 aliphatic heterocycles. The third kappa shape index (κ3) is 5.56. The molecule has 1 heterocycles. The molecular formula is C25H20BrClN2O4. The minimum atomic E-state index is -0.441. The van der Waals surface area contributed by atoms with Gasteiger partial charge in [-0.25, -0.2) is 5.43 Å². The minimum absolute atomic E-state index is 0.186. The van der Waals surface area contributed by atoms with Crippen molar-refractivity contribution in [3.63, 3.8) is 0 Å². The molecule has 4 rings (SSSR count). The van der Waals surface area contributed by atoms with Gasteiger partial charge in [-0.15, -0.1) is 0 Å². The number of carbonyl (C=O) groups excluding carboxylic acids is 1. The van der Waals surface area contributed by atoms with E-state index in [1.54, 1.807) is 24.3 Å². The zero-order valence-electron chi connectivity index (χ0n) is 17.7. The fourth-order valence-electron chi connectivity index (χ4n) is 3.11. The zero-order valence-corrected chi connectivity index (χ0v) is 20.0. The van der Waals surface area contributed by atoms with Gasteiger partial charge < -0.3 is 13.9 Å². The molecule has 0 saturated heterocycles. The standard InChI is InChI=1S/C25H20BrClN2O4/c1-2-31-22-12-18(19(26)13-23(22)32-15-17-8-3-5-9-20(17)27)14-28-29-25(30)24-11-16-7-4-6-10-21(16)33-24/h3-14H,2,15H2,1H3,(H,29,30)/b28-14+. The lowest BCUT2D eigenvalue weighted by Gasteiger charge is -2.14. The Bertz CT molecular complexity index is 1290. The van der Waals surface area contributed by atoms with Gasteiger partial charge >= 0.3 is 5.91 Å². The molecule has 3 aromatic carbocycles. The normalized spacial score (nSPS) is 11.1. The second kappa shape index (κ2) is 10.6. The van der Waals surface area contributed by atoms with Crippen LogP contribution in [0.3, 0.4) is 0 Å². The van der Waals surface area contributed by atoms with Crippen LogP contribution in [0.25, 0.3) is 11.0 Å². The molecule has 8 heteroatoms. The van der Waals surface area contributed by atoms with Crippen LogP contribution < -0.4 is 14.9 Å². The molecular weight excluding hydrogens is 508 g/mol. The number of halogens is 2. The maximum Gasteiger partial charge on any atom is 0.307 e. The van der Waals surface area contributed by atoms with Gasteiger partial charge in [0.15, 0.2) is 17.3 Å². The number of rotatable bonds is 8. The number of nitrogens with zero attached hydrogens (tertiary/aromatic N) is 1. The Morgan fingerprint density at radius 3 is 2.64 bits per heavy atom. The Kier molecular flexibility index (Phi) is 7.32. The predicted molar refractivity (Wildman–Crippen MR) is 132 cm³/mol. The lowest BCUT2D eigenvalue weighted by atomic mass is 10.2. The van der Waals surface area contributed by atoms with Crippen LogP contribution in [0.15, 0.2) is 80.7 Å². The SMILES string of the molecule is CCOc1cc(/C=N/NC(=O)c2cc3ccccc3o2)c(Br)cc1OCc1ccccc1Cl. The Labute approximate surface area is 204 Å². The van der Waals surface area contributed by atoms with Crippen LogP contribution in [0.2, 0.25) is 5.02 Å². The number of ether oxygens (including phenoxy) is 2. The first-order valence-electron chi connectivity index (χ1n) is 10.2. The molecule has 0 aliphatic carbocycles. The Hall–Kier alpha value is -3.29. The minimum Gasteiger partial charge on any atom is -0.490 e. The summed E-state index contributed by atoms with van der Waals surface area (Å²) in [5.74, 6) is 0.860. The molecule has 6 nitrogen and oxygen atoms in total. The number of amides is 1. The van der Waals surface area contributed by atoms with Gasteiger partial charge in [0, 0.05) is 26.0 Å². The lowest BCUT2D eigenvalue weighted by molar-refractivity contribution is 0.0929. The van der Waals surface area contributed by atoms with Crippen molar-refractivity contribution in [3.8, 4) is 11.5 Å².